The van der Waals surface area contributed by atoms with Crippen LogP contribution in [-0.4, -0.2) is 10.1 Å². The predicted molar refractivity (Wildman–Crippen MR) is 68.4 cm³/mol. The maximum absolute atomic E-state index is 5.17. The second-order valence-corrected chi connectivity index (χ2v) is 5.50. The quantitative estimate of drug-likeness (QED) is 0.672. The average molecular weight is 254 g/mol. The zero-order valence-corrected chi connectivity index (χ0v) is 11.2. The summed E-state index contributed by atoms with van der Waals surface area (Å²) in [5.74, 6) is 0. The van der Waals surface area contributed by atoms with Gasteiger partial charge in [0, 0.05) is 18.9 Å². The van der Waals surface area contributed by atoms with Crippen LogP contribution < -0.4 is 4.52 Å². The van der Waals surface area contributed by atoms with E-state index in [0.29, 0.717) is 0 Å². The SMILES string of the molecule is CCCc1cc(CCC)[n+]2[nH]c(=S)sc2n1. The summed E-state index contributed by atoms with van der Waals surface area (Å²) >= 11 is 6.71. The summed E-state index contributed by atoms with van der Waals surface area (Å²) in [6.07, 6.45) is 4.36. The van der Waals surface area contributed by atoms with Crippen molar-refractivity contribution in [2.75, 3.05) is 0 Å². The zero-order valence-electron chi connectivity index (χ0n) is 9.62. The Labute approximate surface area is 104 Å². The number of fused-ring (bicyclic) bond motifs is 1. The molecule has 0 aliphatic carbocycles. The van der Waals surface area contributed by atoms with Gasteiger partial charge < -0.3 is 0 Å². The fraction of sp³-hybridized carbons (Fsp3) is 0.545. The van der Waals surface area contributed by atoms with Gasteiger partial charge in [-0.2, -0.15) is 0 Å². The van der Waals surface area contributed by atoms with Gasteiger partial charge in [-0.25, -0.2) is 5.10 Å². The molecule has 16 heavy (non-hydrogen) atoms. The number of aromatic amines is 1. The molecule has 3 nitrogen and oxygen atoms in total. The van der Waals surface area contributed by atoms with Crippen LogP contribution in [0.1, 0.15) is 38.1 Å². The minimum atomic E-state index is 0.790. The molecule has 0 aliphatic heterocycles. The highest BCUT2D eigenvalue weighted by Gasteiger charge is 2.15. The topological polar surface area (TPSA) is 32.8 Å². The number of nitrogens with zero attached hydrogens (tertiary/aromatic N) is 2. The molecule has 0 aliphatic rings. The highest BCUT2D eigenvalue weighted by molar-refractivity contribution is 7.73. The lowest BCUT2D eigenvalue weighted by atomic mass is 10.2. The number of hydrogen-bond acceptors (Lipinski definition) is 3. The van der Waals surface area contributed by atoms with Gasteiger partial charge in [0.2, 0.25) is 0 Å². The molecule has 0 saturated carbocycles. The van der Waals surface area contributed by atoms with Gasteiger partial charge in [0.1, 0.15) is 5.69 Å². The maximum Gasteiger partial charge on any atom is 0.409 e. The van der Waals surface area contributed by atoms with E-state index in [1.807, 2.05) is 4.52 Å². The predicted octanol–water partition coefficient (Wildman–Crippen LogP) is 2.84. The van der Waals surface area contributed by atoms with Crippen molar-refractivity contribution in [3.63, 3.8) is 0 Å². The second-order valence-electron chi connectivity index (χ2n) is 3.86. The van der Waals surface area contributed by atoms with E-state index in [2.05, 4.69) is 30.0 Å². The third-order valence-electron chi connectivity index (χ3n) is 2.45. The van der Waals surface area contributed by atoms with E-state index in [-0.39, 0.29) is 0 Å². The summed E-state index contributed by atoms with van der Waals surface area (Å²) in [6, 6.07) is 2.19. The molecule has 0 aromatic carbocycles. The molecule has 5 heteroatoms. The summed E-state index contributed by atoms with van der Waals surface area (Å²) in [5.41, 5.74) is 2.46. The molecule has 2 heterocycles. The van der Waals surface area contributed by atoms with Gasteiger partial charge in [-0.15, -0.1) is 4.52 Å². The van der Waals surface area contributed by atoms with E-state index in [0.717, 1.165) is 34.6 Å². The van der Waals surface area contributed by atoms with Gasteiger partial charge in [0.25, 0.3) is 0 Å². The van der Waals surface area contributed by atoms with Crippen LogP contribution >= 0.6 is 23.6 Å². The summed E-state index contributed by atoms with van der Waals surface area (Å²) in [4.78, 5) is 5.60. The molecule has 2 rings (SSSR count). The van der Waals surface area contributed by atoms with Crippen LogP contribution in [0.5, 0.6) is 0 Å². The molecule has 0 unspecified atom stereocenters. The first-order chi connectivity index (χ1) is 7.74. The second kappa shape index (κ2) is 5.01. The molecule has 0 radical (unpaired) electrons. The molecule has 2 aromatic heterocycles. The van der Waals surface area contributed by atoms with Crippen molar-refractivity contribution in [3.05, 3.63) is 21.4 Å². The molecule has 0 amide bonds. The van der Waals surface area contributed by atoms with Crippen molar-refractivity contribution in [1.29, 1.82) is 0 Å². The van der Waals surface area contributed by atoms with Gasteiger partial charge >= 0.3 is 4.96 Å². The molecular weight excluding hydrogens is 238 g/mol. The van der Waals surface area contributed by atoms with Gasteiger partial charge in [0.05, 0.1) is 0 Å². The summed E-state index contributed by atoms with van der Waals surface area (Å²) in [5, 5.41) is 3.17. The molecule has 2 aromatic rings. The maximum atomic E-state index is 5.17. The number of rotatable bonds is 4. The third kappa shape index (κ3) is 2.30. The Balaban J connectivity index is 2.58. The number of H-pyrrole nitrogens is 1. The van der Waals surface area contributed by atoms with Crippen LogP contribution in [0.3, 0.4) is 0 Å². The molecule has 0 atom stereocenters. The van der Waals surface area contributed by atoms with Crippen LogP contribution in [0.25, 0.3) is 4.96 Å². The van der Waals surface area contributed by atoms with Crippen LogP contribution in [0.15, 0.2) is 6.07 Å². The van der Waals surface area contributed by atoms with E-state index in [1.54, 1.807) is 11.3 Å². The summed E-state index contributed by atoms with van der Waals surface area (Å²) in [6.45, 7) is 4.37. The Morgan fingerprint density at radius 1 is 1.38 bits per heavy atom. The standard InChI is InChI=1S/C11H15N3S2/c1-3-5-8-7-9(6-4-2)14-10(12-8)16-11(15)13-14/h7H,3-6H2,1-2H3/p+1. The molecule has 1 N–H and O–H groups in total. The van der Waals surface area contributed by atoms with Crippen molar-refractivity contribution in [2.45, 2.75) is 39.5 Å². The fourth-order valence-corrected chi connectivity index (χ4v) is 2.83. The average Bonchev–Trinajstić information content (AvgIpc) is 2.60. The zero-order chi connectivity index (χ0) is 11.5. The molecule has 86 valence electrons. The van der Waals surface area contributed by atoms with Crippen LogP contribution in [0, 0.1) is 3.95 Å². The van der Waals surface area contributed by atoms with E-state index in [9.17, 15) is 0 Å². The Hall–Kier alpha value is -0.810. The first-order valence-corrected chi connectivity index (χ1v) is 6.90. The molecule has 0 fully saturated rings. The third-order valence-corrected chi connectivity index (χ3v) is 3.52. The molecular formula is C11H16N3S2+. The van der Waals surface area contributed by atoms with Crippen molar-refractivity contribution in [3.8, 4) is 0 Å². The van der Waals surface area contributed by atoms with E-state index < -0.39 is 0 Å². The van der Waals surface area contributed by atoms with E-state index in [1.165, 1.54) is 11.4 Å². The number of aromatic nitrogens is 3. The van der Waals surface area contributed by atoms with Crippen molar-refractivity contribution >= 4 is 28.5 Å². The minimum absolute atomic E-state index is 0.790. The van der Waals surface area contributed by atoms with Crippen LogP contribution in [0.2, 0.25) is 0 Å². The van der Waals surface area contributed by atoms with Crippen molar-refractivity contribution in [1.82, 2.24) is 10.1 Å². The van der Waals surface area contributed by atoms with Gasteiger partial charge in [-0.05, 0) is 41.4 Å². The molecule has 0 spiro atoms. The molecule has 0 bridgehead atoms. The van der Waals surface area contributed by atoms with E-state index >= 15 is 0 Å². The summed E-state index contributed by atoms with van der Waals surface area (Å²) < 4.78 is 2.81. The number of nitrogens with one attached hydrogen (secondary N) is 1. The highest BCUT2D eigenvalue weighted by atomic mass is 32.1. The first kappa shape index (κ1) is 11.7. The lowest BCUT2D eigenvalue weighted by Gasteiger charge is -1.97. The minimum Gasteiger partial charge on any atom is -0.201 e. The Kier molecular flexibility index (Phi) is 3.66. The van der Waals surface area contributed by atoms with Gasteiger partial charge in [-0.3, -0.25) is 0 Å². The Morgan fingerprint density at radius 3 is 2.81 bits per heavy atom. The van der Waals surface area contributed by atoms with E-state index in [4.69, 9.17) is 12.2 Å². The smallest absolute Gasteiger partial charge is 0.201 e. The lowest BCUT2D eigenvalue weighted by Crippen LogP contribution is -2.30. The van der Waals surface area contributed by atoms with Gasteiger partial charge in [-0.1, -0.05) is 13.8 Å². The Bertz CT molecular complexity index is 542. The molecule has 0 saturated heterocycles. The van der Waals surface area contributed by atoms with Crippen molar-refractivity contribution < 1.29 is 4.52 Å². The lowest BCUT2D eigenvalue weighted by molar-refractivity contribution is -0.587. The van der Waals surface area contributed by atoms with Crippen LogP contribution in [0.4, 0.5) is 0 Å². The summed E-state index contributed by atoms with van der Waals surface area (Å²) in [7, 11) is 0. The number of hydrogen-bond donors (Lipinski definition) is 1. The highest BCUT2D eigenvalue weighted by Crippen LogP contribution is 2.09. The van der Waals surface area contributed by atoms with Gasteiger partial charge in [0.15, 0.2) is 9.65 Å². The van der Waals surface area contributed by atoms with Crippen LogP contribution in [-0.2, 0) is 12.8 Å². The van der Waals surface area contributed by atoms with Crippen molar-refractivity contribution in [2.24, 2.45) is 0 Å². The fourth-order valence-electron chi connectivity index (χ4n) is 1.79. The monoisotopic (exact) mass is 254 g/mol. The first-order valence-electron chi connectivity index (χ1n) is 5.68. The normalized spacial score (nSPS) is 11.1. The number of aryl methyl sites for hydroxylation is 2. The largest absolute Gasteiger partial charge is 0.409 e. The Morgan fingerprint density at radius 2 is 2.12 bits per heavy atom.